The van der Waals surface area contributed by atoms with E-state index >= 15 is 0 Å². The van der Waals surface area contributed by atoms with Crippen LogP contribution < -0.4 is 0 Å². The second-order valence-electron chi connectivity index (χ2n) is 1.53. The van der Waals surface area contributed by atoms with Gasteiger partial charge < -0.3 is 14.9 Å². The van der Waals surface area contributed by atoms with Crippen LogP contribution in [0.4, 0.5) is 0 Å². The fourth-order valence-electron chi connectivity index (χ4n) is 0.146. The third-order valence-corrected chi connectivity index (χ3v) is 0.505. The van der Waals surface area contributed by atoms with Crippen molar-refractivity contribution in [1.29, 1.82) is 0 Å². The zero-order valence-electron chi connectivity index (χ0n) is 6.48. The maximum atomic E-state index is 10.0. The van der Waals surface area contributed by atoms with Gasteiger partial charge in [-0.15, -0.1) is 0 Å². The Hall–Kier alpha value is -0.940. The van der Waals surface area contributed by atoms with Crippen molar-refractivity contribution in [3.05, 3.63) is 0 Å². The second kappa shape index (κ2) is 9.06. The molecule has 2 N–H and O–H groups in total. The molecule has 0 aliphatic carbocycles. The molecule has 11 heavy (non-hydrogen) atoms. The van der Waals surface area contributed by atoms with Crippen molar-refractivity contribution >= 4 is 12.4 Å². The van der Waals surface area contributed by atoms with Crippen LogP contribution in [0.25, 0.3) is 0 Å². The largest absolute Gasteiger partial charge is 0.397 e. The van der Waals surface area contributed by atoms with Gasteiger partial charge in [-0.1, -0.05) is 0 Å². The number of ether oxygens (including phenoxy) is 1. The highest BCUT2D eigenvalue weighted by atomic mass is 16.6. The minimum Gasteiger partial charge on any atom is -0.397 e. The number of aliphatic hydroxyl groups is 2. The van der Waals surface area contributed by atoms with Crippen LogP contribution in [0.5, 0.6) is 0 Å². The normalized spacial score (nSPS) is 10.5. The first-order valence-electron chi connectivity index (χ1n) is 3.03. The zero-order valence-corrected chi connectivity index (χ0v) is 6.48. The summed E-state index contributed by atoms with van der Waals surface area (Å²) in [6.07, 6.45) is -1.22. The van der Waals surface area contributed by atoms with E-state index in [-0.39, 0.29) is 13.1 Å². The summed E-state index contributed by atoms with van der Waals surface area (Å²) in [5.41, 5.74) is 0. The summed E-state index contributed by atoms with van der Waals surface area (Å²) in [5.74, 6) is -0.931. The fraction of sp³-hybridized carbons (Fsp3) is 0.667. The number of rotatable bonds is 2. The van der Waals surface area contributed by atoms with E-state index in [1.165, 1.54) is 6.92 Å². The Morgan fingerprint density at radius 3 is 2.18 bits per heavy atom. The van der Waals surface area contributed by atoms with Crippen LogP contribution in [0.1, 0.15) is 13.8 Å². The lowest BCUT2D eigenvalue weighted by atomic mass is 10.4. The molecule has 0 rings (SSSR count). The number of carbonyl (C=O) groups excluding carboxylic acids is 2. The molecule has 0 bridgehead atoms. The molecule has 0 amide bonds. The Morgan fingerprint density at radius 2 is 2.09 bits per heavy atom. The molecule has 5 nitrogen and oxygen atoms in total. The Bertz CT molecular complexity index is 110. The molecule has 0 heterocycles. The van der Waals surface area contributed by atoms with E-state index in [1.807, 2.05) is 0 Å². The summed E-state index contributed by atoms with van der Waals surface area (Å²) < 4.78 is 3.73. The predicted octanol–water partition coefficient (Wildman–Crippen LogP) is -0.935. The lowest BCUT2D eigenvalue weighted by molar-refractivity contribution is -0.157. The molecule has 0 aliphatic rings. The van der Waals surface area contributed by atoms with Gasteiger partial charge in [0.05, 0.1) is 0 Å². The first-order chi connectivity index (χ1) is 5.09. The van der Waals surface area contributed by atoms with E-state index in [2.05, 4.69) is 4.74 Å². The summed E-state index contributed by atoms with van der Waals surface area (Å²) in [6.45, 7) is 3.13. The molecule has 0 aromatic rings. The lowest BCUT2D eigenvalue weighted by Crippen LogP contribution is -2.18. The molecule has 0 aliphatic heterocycles. The first kappa shape index (κ1) is 12.7. The summed E-state index contributed by atoms with van der Waals surface area (Å²) in [4.78, 5) is 19.4. The van der Waals surface area contributed by atoms with Crippen LogP contribution in [-0.2, 0) is 14.3 Å². The molecular weight excluding hydrogens is 152 g/mol. The number of carbonyl (C=O) groups is 2. The molecule has 5 heteroatoms. The zero-order chi connectivity index (χ0) is 9.28. The first-order valence-corrected chi connectivity index (χ1v) is 3.03. The van der Waals surface area contributed by atoms with Gasteiger partial charge in [-0.3, -0.25) is 4.79 Å². The van der Waals surface area contributed by atoms with Gasteiger partial charge in [-0.25, -0.2) is 4.79 Å². The summed E-state index contributed by atoms with van der Waals surface area (Å²) in [6, 6.07) is 0. The minimum absolute atomic E-state index is 0.0188. The Labute approximate surface area is 64.6 Å². The Kier molecular flexibility index (Phi) is 10.5. The van der Waals surface area contributed by atoms with Gasteiger partial charge in [0.1, 0.15) is 6.10 Å². The lowest BCUT2D eigenvalue weighted by Gasteiger charge is -1.95. The van der Waals surface area contributed by atoms with Gasteiger partial charge in [-0.05, 0) is 13.8 Å². The van der Waals surface area contributed by atoms with Gasteiger partial charge in [-0.2, -0.15) is 0 Å². The van der Waals surface area contributed by atoms with Crippen LogP contribution in [0.3, 0.4) is 0 Å². The molecular formula is C6H12O5. The highest BCUT2D eigenvalue weighted by Crippen LogP contribution is 1.81. The van der Waals surface area contributed by atoms with Crippen molar-refractivity contribution in [3.63, 3.8) is 0 Å². The van der Waals surface area contributed by atoms with E-state index < -0.39 is 12.1 Å². The highest BCUT2D eigenvalue weighted by molar-refractivity contribution is 5.79. The van der Waals surface area contributed by atoms with Crippen LogP contribution in [0.2, 0.25) is 0 Å². The highest BCUT2D eigenvalue weighted by Gasteiger charge is 2.07. The maximum Gasteiger partial charge on any atom is 0.342 e. The second-order valence-corrected chi connectivity index (χ2v) is 1.53. The van der Waals surface area contributed by atoms with Crippen molar-refractivity contribution in [1.82, 2.24) is 0 Å². The average Bonchev–Trinajstić information content (AvgIpc) is 1.90. The van der Waals surface area contributed by atoms with Gasteiger partial charge in [0.25, 0.3) is 0 Å². The molecule has 0 saturated carbocycles. The molecule has 0 aromatic heterocycles. The summed E-state index contributed by atoms with van der Waals surface area (Å²) in [7, 11) is 0. The van der Waals surface area contributed by atoms with Crippen molar-refractivity contribution in [3.8, 4) is 0 Å². The van der Waals surface area contributed by atoms with Crippen LogP contribution in [-0.4, -0.2) is 35.4 Å². The SMILES string of the molecule is CC(O)C(=O)OC=O.CCO. The molecule has 0 fully saturated rings. The number of esters is 1. The van der Waals surface area contributed by atoms with Crippen LogP contribution in [0.15, 0.2) is 0 Å². The van der Waals surface area contributed by atoms with Gasteiger partial charge >= 0.3 is 12.4 Å². The van der Waals surface area contributed by atoms with Crippen molar-refractivity contribution in [2.75, 3.05) is 6.61 Å². The van der Waals surface area contributed by atoms with Crippen molar-refractivity contribution in [2.24, 2.45) is 0 Å². The maximum absolute atomic E-state index is 10.0. The summed E-state index contributed by atoms with van der Waals surface area (Å²) in [5, 5.41) is 15.9. The monoisotopic (exact) mass is 164 g/mol. The fourth-order valence-corrected chi connectivity index (χ4v) is 0.146. The predicted molar refractivity (Wildman–Crippen MR) is 36.6 cm³/mol. The topological polar surface area (TPSA) is 83.8 Å². The molecule has 0 saturated heterocycles. The molecule has 66 valence electrons. The standard InChI is InChI=1S/C4H6O4.C2H6O/c1-3(6)4(7)8-2-5;1-2-3/h2-3,6H,1H3;3H,2H2,1H3. The number of hydrogen-bond donors (Lipinski definition) is 2. The van der Waals surface area contributed by atoms with E-state index in [4.69, 9.17) is 10.2 Å². The van der Waals surface area contributed by atoms with E-state index in [1.54, 1.807) is 6.92 Å². The van der Waals surface area contributed by atoms with Crippen LogP contribution >= 0.6 is 0 Å². The van der Waals surface area contributed by atoms with E-state index in [0.29, 0.717) is 0 Å². The van der Waals surface area contributed by atoms with Crippen molar-refractivity contribution in [2.45, 2.75) is 20.0 Å². The Morgan fingerprint density at radius 1 is 1.73 bits per heavy atom. The molecule has 0 aromatic carbocycles. The molecule has 0 spiro atoms. The average molecular weight is 164 g/mol. The smallest absolute Gasteiger partial charge is 0.342 e. The molecule has 0 radical (unpaired) electrons. The van der Waals surface area contributed by atoms with Gasteiger partial charge in [0.15, 0.2) is 0 Å². The van der Waals surface area contributed by atoms with Crippen LogP contribution in [0, 0.1) is 0 Å². The molecule has 1 atom stereocenters. The van der Waals surface area contributed by atoms with E-state index in [9.17, 15) is 9.59 Å². The third kappa shape index (κ3) is 12.3. The van der Waals surface area contributed by atoms with Gasteiger partial charge in [0, 0.05) is 6.61 Å². The van der Waals surface area contributed by atoms with Crippen molar-refractivity contribution < 1.29 is 24.5 Å². The van der Waals surface area contributed by atoms with E-state index in [0.717, 1.165) is 0 Å². The van der Waals surface area contributed by atoms with Gasteiger partial charge in [0.2, 0.25) is 0 Å². The number of aliphatic hydroxyl groups excluding tert-OH is 2. The third-order valence-electron chi connectivity index (χ3n) is 0.505. The quantitative estimate of drug-likeness (QED) is 0.313. The summed E-state index contributed by atoms with van der Waals surface area (Å²) >= 11 is 0. The molecule has 1 unspecified atom stereocenters. The number of hydrogen-bond acceptors (Lipinski definition) is 5. The minimum atomic E-state index is -1.22. The Balaban J connectivity index is 0.